The van der Waals surface area contributed by atoms with Gasteiger partial charge in [-0.15, -0.1) is 0 Å². The Morgan fingerprint density at radius 2 is 1.42 bits per heavy atom. The normalized spacial score (nSPS) is 13.3. The molecule has 0 spiro atoms. The lowest BCUT2D eigenvalue weighted by Gasteiger charge is -2.40. The number of aryl methyl sites for hydroxylation is 1. The van der Waals surface area contributed by atoms with Crippen LogP contribution in [-0.2, 0) is 6.42 Å². The van der Waals surface area contributed by atoms with Crippen LogP contribution in [0.4, 0.5) is 17.1 Å². The van der Waals surface area contributed by atoms with Crippen LogP contribution in [0.25, 0.3) is 65.6 Å². The van der Waals surface area contributed by atoms with Crippen LogP contribution < -0.4 is 15.8 Å². The van der Waals surface area contributed by atoms with Gasteiger partial charge in [-0.05, 0) is 76.5 Å². The van der Waals surface area contributed by atoms with E-state index in [1.165, 1.54) is 90.1 Å². The highest BCUT2D eigenvalue weighted by Gasteiger charge is 2.44. The maximum Gasteiger partial charge on any atom is 0.333 e. The van der Waals surface area contributed by atoms with E-state index in [1.54, 1.807) is 0 Å². The Labute approximate surface area is 278 Å². The zero-order valence-electron chi connectivity index (χ0n) is 26.7. The first-order valence-corrected chi connectivity index (χ1v) is 17.2. The summed E-state index contributed by atoms with van der Waals surface area (Å²) in [7, 11) is 0. The highest BCUT2D eigenvalue weighted by Crippen LogP contribution is 2.49. The van der Waals surface area contributed by atoms with Gasteiger partial charge in [0.15, 0.2) is 0 Å². The SMILES string of the molecule is CCCCc1cccc(N2c3cc4ccccc4cc3B3c4c2cc2c(oc5ccccc52)c4-c2cccc4c5ccccc5n3c24)c1. The molecule has 0 fully saturated rings. The van der Waals surface area contributed by atoms with E-state index >= 15 is 0 Å². The number of unbranched alkanes of at least 4 members (excludes halogenated alkanes) is 1. The highest BCUT2D eigenvalue weighted by molar-refractivity contribution is 6.90. The third-order valence-corrected chi connectivity index (χ3v) is 10.9. The number of rotatable bonds is 4. The molecular formula is C44H31BN2O. The first kappa shape index (κ1) is 26.3. The van der Waals surface area contributed by atoms with E-state index in [2.05, 4.69) is 150 Å². The van der Waals surface area contributed by atoms with E-state index < -0.39 is 0 Å². The van der Waals surface area contributed by atoms with E-state index in [9.17, 15) is 0 Å². The molecule has 0 saturated carbocycles. The summed E-state index contributed by atoms with van der Waals surface area (Å²) in [6.45, 7) is 2.25. The maximum absolute atomic E-state index is 6.88. The first-order chi connectivity index (χ1) is 23.8. The number of furan rings is 1. The minimum Gasteiger partial charge on any atom is -0.455 e. The molecule has 2 aromatic heterocycles. The van der Waals surface area contributed by atoms with Crippen molar-refractivity contribution in [3.63, 3.8) is 0 Å². The van der Waals surface area contributed by atoms with Gasteiger partial charge in [0.1, 0.15) is 11.2 Å². The van der Waals surface area contributed by atoms with Gasteiger partial charge < -0.3 is 13.8 Å². The molecule has 7 aromatic carbocycles. The lowest BCUT2D eigenvalue weighted by Crippen LogP contribution is -2.56. The number of hydrogen-bond acceptors (Lipinski definition) is 2. The summed E-state index contributed by atoms with van der Waals surface area (Å²) in [5.41, 5.74) is 14.6. The Hall–Kier alpha value is -5.74. The van der Waals surface area contributed by atoms with Gasteiger partial charge in [0.05, 0.1) is 0 Å². The van der Waals surface area contributed by atoms with Crippen molar-refractivity contribution in [2.75, 3.05) is 4.90 Å². The van der Waals surface area contributed by atoms with Crippen LogP contribution in [0.15, 0.2) is 138 Å². The van der Waals surface area contributed by atoms with E-state index in [4.69, 9.17) is 4.42 Å². The van der Waals surface area contributed by atoms with Gasteiger partial charge >= 0.3 is 6.85 Å². The van der Waals surface area contributed by atoms with Gasteiger partial charge in [-0.2, -0.15) is 0 Å². The second-order valence-electron chi connectivity index (χ2n) is 13.5. The highest BCUT2D eigenvalue weighted by atomic mass is 16.3. The Morgan fingerprint density at radius 3 is 2.31 bits per heavy atom. The van der Waals surface area contributed by atoms with Gasteiger partial charge in [-0.1, -0.05) is 110 Å². The molecule has 2 aliphatic heterocycles. The summed E-state index contributed by atoms with van der Waals surface area (Å²) in [5.74, 6) is 0. The van der Waals surface area contributed by atoms with Crippen molar-refractivity contribution in [2.45, 2.75) is 26.2 Å². The topological polar surface area (TPSA) is 21.3 Å². The van der Waals surface area contributed by atoms with Crippen molar-refractivity contribution in [3.8, 4) is 11.1 Å². The molecule has 2 aliphatic rings. The Morgan fingerprint density at radius 1 is 0.646 bits per heavy atom. The minimum atomic E-state index is -0.0240. The molecule has 0 amide bonds. The van der Waals surface area contributed by atoms with Crippen LogP contribution in [-0.4, -0.2) is 11.3 Å². The van der Waals surface area contributed by atoms with Crippen LogP contribution in [0.5, 0.6) is 0 Å². The fourth-order valence-electron chi connectivity index (χ4n) is 8.83. The quantitative estimate of drug-likeness (QED) is 0.184. The zero-order chi connectivity index (χ0) is 31.5. The van der Waals surface area contributed by atoms with Crippen LogP contribution in [0.3, 0.4) is 0 Å². The number of anilines is 3. The van der Waals surface area contributed by atoms with Gasteiger partial charge in [0, 0.05) is 60.8 Å². The molecule has 0 unspecified atom stereocenters. The lowest BCUT2D eigenvalue weighted by molar-refractivity contribution is 0.670. The van der Waals surface area contributed by atoms with Gasteiger partial charge in [0.25, 0.3) is 0 Å². The van der Waals surface area contributed by atoms with E-state index in [1.807, 2.05) is 0 Å². The largest absolute Gasteiger partial charge is 0.455 e. The maximum atomic E-state index is 6.88. The average Bonchev–Trinajstić information content (AvgIpc) is 3.68. The van der Waals surface area contributed by atoms with Gasteiger partial charge in [0.2, 0.25) is 0 Å². The van der Waals surface area contributed by atoms with Crippen LogP contribution in [0, 0.1) is 0 Å². The Bertz CT molecular complexity index is 2800. The molecule has 4 heterocycles. The van der Waals surface area contributed by atoms with Crippen molar-refractivity contribution < 1.29 is 4.42 Å². The second kappa shape index (κ2) is 9.65. The Balaban J connectivity index is 1.36. The number of nitrogens with zero attached hydrogens (tertiary/aromatic N) is 2. The molecule has 0 atom stereocenters. The summed E-state index contributed by atoms with van der Waals surface area (Å²) in [4.78, 5) is 2.55. The third kappa shape index (κ3) is 3.39. The number of fused-ring (bicyclic) bond motifs is 12. The number of benzene rings is 7. The zero-order valence-corrected chi connectivity index (χ0v) is 26.7. The molecule has 48 heavy (non-hydrogen) atoms. The van der Waals surface area contributed by atoms with Crippen LogP contribution >= 0.6 is 0 Å². The summed E-state index contributed by atoms with van der Waals surface area (Å²) in [6.07, 6.45) is 3.44. The summed E-state index contributed by atoms with van der Waals surface area (Å²) < 4.78 is 9.51. The fraction of sp³-hybridized carbons (Fsp3) is 0.0909. The van der Waals surface area contributed by atoms with Gasteiger partial charge in [-0.25, -0.2) is 0 Å². The van der Waals surface area contributed by atoms with Crippen molar-refractivity contribution in [3.05, 3.63) is 139 Å². The molecule has 9 aromatic rings. The lowest BCUT2D eigenvalue weighted by atomic mass is 9.45. The number of aromatic nitrogens is 1. The molecule has 0 saturated heterocycles. The second-order valence-corrected chi connectivity index (χ2v) is 13.5. The molecule has 0 radical (unpaired) electrons. The van der Waals surface area contributed by atoms with Crippen molar-refractivity contribution in [1.82, 2.24) is 4.48 Å². The first-order valence-electron chi connectivity index (χ1n) is 17.2. The van der Waals surface area contributed by atoms with Crippen LogP contribution in [0.1, 0.15) is 25.3 Å². The summed E-state index contributed by atoms with van der Waals surface area (Å²) in [6, 6.07) is 49.6. The molecule has 3 nitrogen and oxygen atoms in total. The Kier molecular flexibility index (Phi) is 5.30. The van der Waals surface area contributed by atoms with Gasteiger partial charge in [-0.3, -0.25) is 0 Å². The molecule has 0 aliphatic carbocycles. The van der Waals surface area contributed by atoms with E-state index in [-0.39, 0.29) is 6.85 Å². The number of hydrogen-bond donors (Lipinski definition) is 0. The molecule has 4 heteroatoms. The van der Waals surface area contributed by atoms with E-state index in [0.29, 0.717) is 0 Å². The summed E-state index contributed by atoms with van der Waals surface area (Å²) in [5, 5.41) is 7.41. The number of para-hydroxylation sites is 3. The van der Waals surface area contributed by atoms with Crippen LogP contribution in [0.2, 0.25) is 0 Å². The molecule has 0 bridgehead atoms. The van der Waals surface area contributed by atoms with Crippen molar-refractivity contribution in [2.24, 2.45) is 0 Å². The molecular weight excluding hydrogens is 583 g/mol. The van der Waals surface area contributed by atoms with E-state index in [0.717, 1.165) is 28.4 Å². The van der Waals surface area contributed by atoms with Crippen molar-refractivity contribution >= 4 is 89.4 Å². The fourth-order valence-corrected chi connectivity index (χ4v) is 8.83. The molecule has 0 N–H and O–H groups in total. The minimum absolute atomic E-state index is 0.0240. The summed E-state index contributed by atoms with van der Waals surface area (Å²) >= 11 is 0. The predicted molar refractivity (Wildman–Crippen MR) is 203 cm³/mol. The average molecular weight is 615 g/mol. The standard InChI is InChI=1S/C44H31BN2O/c1-2-3-12-27-13-10-16-30(23-27)46-38-25-29-15-5-4-14-28(29)24-36(38)45-42-39(46)26-35-32-18-7-9-22-40(32)48-44(35)41(42)34-20-11-19-33-31-17-6-8-21-37(31)47(45)43(33)34/h4-11,13-26H,2-3,12H2,1H3. The van der Waals surface area contributed by atoms with Crippen molar-refractivity contribution in [1.29, 1.82) is 0 Å². The molecule has 226 valence electrons. The molecule has 11 rings (SSSR count). The monoisotopic (exact) mass is 614 g/mol. The third-order valence-electron chi connectivity index (χ3n) is 10.9. The smallest absolute Gasteiger partial charge is 0.333 e. The predicted octanol–water partition coefficient (Wildman–Crippen LogP) is 10.6.